The number of nitrogens with zero attached hydrogens (tertiary/aromatic N) is 1. The van der Waals surface area contributed by atoms with Gasteiger partial charge >= 0.3 is 6.03 Å². The highest BCUT2D eigenvalue weighted by atomic mass is 79.9. The van der Waals surface area contributed by atoms with Crippen LogP contribution in [0, 0.1) is 0 Å². The average molecular weight is 432 g/mol. The third kappa shape index (κ3) is 5.06. The fourth-order valence-electron chi connectivity index (χ4n) is 2.34. The van der Waals surface area contributed by atoms with E-state index >= 15 is 0 Å². The number of halogens is 1. The Kier molecular flexibility index (Phi) is 6.25. The molecule has 5 nitrogen and oxygen atoms in total. The van der Waals surface area contributed by atoms with E-state index in [1.54, 1.807) is 7.11 Å². The number of methoxy groups -OCH3 is 1. The second-order valence-electron chi connectivity index (χ2n) is 5.52. The van der Waals surface area contributed by atoms with Crippen molar-refractivity contribution in [2.45, 2.75) is 6.42 Å². The highest BCUT2D eigenvalue weighted by Crippen LogP contribution is 2.26. The molecule has 0 saturated carbocycles. The molecule has 0 fully saturated rings. The lowest BCUT2D eigenvalue weighted by atomic mass is 10.1. The van der Waals surface area contributed by atoms with Crippen LogP contribution in [0.3, 0.4) is 0 Å². The predicted octanol–water partition coefficient (Wildman–Crippen LogP) is 4.95. The highest BCUT2D eigenvalue weighted by molar-refractivity contribution is 9.10. The van der Waals surface area contributed by atoms with Gasteiger partial charge in [-0.1, -0.05) is 40.2 Å². The van der Waals surface area contributed by atoms with Crippen molar-refractivity contribution in [3.8, 4) is 17.0 Å². The number of hydrogen-bond donors (Lipinski definition) is 2. The quantitative estimate of drug-likeness (QED) is 0.580. The maximum atomic E-state index is 12.0. The smallest absolute Gasteiger partial charge is 0.321 e. The topological polar surface area (TPSA) is 63.2 Å². The second-order valence-corrected chi connectivity index (χ2v) is 7.30. The summed E-state index contributed by atoms with van der Waals surface area (Å²) in [6, 6.07) is 15.4. The number of hydrogen-bond acceptors (Lipinski definition) is 4. The number of urea groups is 1. The number of aromatic nitrogens is 1. The molecule has 1 aromatic heterocycles. The number of rotatable bonds is 6. The van der Waals surface area contributed by atoms with Gasteiger partial charge in [-0.05, 0) is 36.2 Å². The summed E-state index contributed by atoms with van der Waals surface area (Å²) in [6.07, 6.45) is 0.749. The number of carbonyl (C=O) groups excluding carboxylic acids is 1. The summed E-state index contributed by atoms with van der Waals surface area (Å²) >= 11 is 4.82. The number of ether oxygens (including phenoxy) is 1. The van der Waals surface area contributed by atoms with Gasteiger partial charge in [-0.25, -0.2) is 9.78 Å². The molecule has 1 heterocycles. The first-order valence-electron chi connectivity index (χ1n) is 8.03. The van der Waals surface area contributed by atoms with Crippen LogP contribution in [0.5, 0.6) is 5.75 Å². The molecule has 2 N–H and O–H groups in total. The summed E-state index contributed by atoms with van der Waals surface area (Å²) in [5, 5.41) is 8.12. The van der Waals surface area contributed by atoms with Crippen LogP contribution in [0.15, 0.2) is 58.4 Å². The van der Waals surface area contributed by atoms with Crippen molar-refractivity contribution in [1.29, 1.82) is 0 Å². The molecule has 26 heavy (non-hydrogen) atoms. The summed E-state index contributed by atoms with van der Waals surface area (Å²) in [5.74, 6) is 0.824. The summed E-state index contributed by atoms with van der Waals surface area (Å²) in [7, 11) is 1.64. The van der Waals surface area contributed by atoms with Gasteiger partial charge in [0.15, 0.2) is 5.13 Å². The first-order chi connectivity index (χ1) is 12.6. The van der Waals surface area contributed by atoms with Crippen LogP contribution >= 0.6 is 27.3 Å². The molecule has 3 aromatic rings. The molecule has 0 atom stereocenters. The number of nitrogens with one attached hydrogen (secondary N) is 2. The third-order valence-corrected chi connectivity index (χ3v) is 5.01. The van der Waals surface area contributed by atoms with Crippen molar-refractivity contribution >= 4 is 38.4 Å². The van der Waals surface area contributed by atoms with Crippen LogP contribution in [0.4, 0.5) is 9.93 Å². The van der Waals surface area contributed by atoms with E-state index in [9.17, 15) is 4.79 Å². The summed E-state index contributed by atoms with van der Waals surface area (Å²) in [4.78, 5) is 16.5. The van der Waals surface area contributed by atoms with Crippen LogP contribution in [-0.4, -0.2) is 24.7 Å². The molecule has 0 aliphatic rings. The number of carbonyl (C=O) groups is 1. The van der Waals surface area contributed by atoms with Crippen molar-refractivity contribution in [1.82, 2.24) is 10.3 Å². The van der Waals surface area contributed by atoms with E-state index in [1.807, 2.05) is 53.9 Å². The SMILES string of the molecule is COc1ccc(CCNC(=O)Nc2nc(-c3ccc(Br)cc3)cs2)cc1. The van der Waals surface area contributed by atoms with E-state index < -0.39 is 0 Å². The molecular weight excluding hydrogens is 414 g/mol. The fraction of sp³-hybridized carbons (Fsp3) is 0.158. The van der Waals surface area contributed by atoms with Crippen LogP contribution in [0.2, 0.25) is 0 Å². The van der Waals surface area contributed by atoms with Crippen molar-refractivity contribution in [2.75, 3.05) is 19.0 Å². The Bertz CT molecular complexity index is 863. The number of thiazole rings is 1. The van der Waals surface area contributed by atoms with Crippen molar-refractivity contribution in [3.63, 3.8) is 0 Å². The van der Waals surface area contributed by atoms with Crippen LogP contribution < -0.4 is 15.4 Å². The van der Waals surface area contributed by atoms with Gasteiger partial charge in [0.05, 0.1) is 12.8 Å². The molecule has 134 valence electrons. The molecule has 7 heteroatoms. The molecular formula is C19H18BrN3O2S. The van der Waals surface area contributed by atoms with Crippen molar-refractivity contribution in [2.24, 2.45) is 0 Å². The minimum Gasteiger partial charge on any atom is -0.497 e. The second kappa shape index (κ2) is 8.82. The zero-order valence-electron chi connectivity index (χ0n) is 14.2. The molecule has 2 aromatic carbocycles. The molecule has 0 saturated heterocycles. The van der Waals surface area contributed by atoms with E-state index in [-0.39, 0.29) is 6.03 Å². The van der Waals surface area contributed by atoms with Gasteiger partial charge in [-0.15, -0.1) is 11.3 Å². The minimum absolute atomic E-state index is 0.254. The van der Waals surface area contributed by atoms with Gasteiger partial charge < -0.3 is 10.1 Å². The van der Waals surface area contributed by atoms with E-state index in [2.05, 4.69) is 31.5 Å². The third-order valence-electron chi connectivity index (χ3n) is 3.72. The predicted molar refractivity (Wildman–Crippen MR) is 109 cm³/mol. The Morgan fingerprint density at radius 3 is 2.58 bits per heavy atom. The molecule has 0 spiro atoms. The van der Waals surface area contributed by atoms with Gasteiger partial charge in [0, 0.05) is 22.0 Å². The Morgan fingerprint density at radius 1 is 1.15 bits per heavy atom. The van der Waals surface area contributed by atoms with Gasteiger partial charge in [-0.2, -0.15) is 0 Å². The van der Waals surface area contributed by atoms with Gasteiger partial charge in [0.25, 0.3) is 0 Å². The van der Waals surface area contributed by atoms with Crippen LogP contribution in [0.1, 0.15) is 5.56 Å². The normalized spacial score (nSPS) is 10.4. The maximum absolute atomic E-state index is 12.0. The minimum atomic E-state index is -0.254. The standard InChI is InChI=1S/C19H18BrN3O2S/c1-25-16-8-2-13(3-9-16)10-11-21-18(24)23-19-22-17(12-26-19)14-4-6-15(20)7-5-14/h2-9,12H,10-11H2,1H3,(H2,21,22,23,24). The lowest BCUT2D eigenvalue weighted by Crippen LogP contribution is -2.30. The van der Waals surface area contributed by atoms with Crippen molar-refractivity contribution < 1.29 is 9.53 Å². The zero-order valence-corrected chi connectivity index (χ0v) is 16.6. The lowest BCUT2D eigenvalue weighted by molar-refractivity contribution is 0.252. The largest absolute Gasteiger partial charge is 0.497 e. The zero-order chi connectivity index (χ0) is 18.4. The highest BCUT2D eigenvalue weighted by Gasteiger charge is 2.08. The maximum Gasteiger partial charge on any atom is 0.321 e. The van der Waals surface area contributed by atoms with Crippen LogP contribution in [0.25, 0.3) is 11.3 Å². The number of anilines is 1. The molecule has 0 bridgehead atoms. The van der Waals surface area contributed by atoms with Gasteiger partial charge in [0.2, 0.25) is 0 Å². The Balaban J connectivity index is 1.48. The summed E-state index contributed by atoms with van der Waals surface area (Å²) in [5.41, 5.74) is 2.99. The molecule has 3 rings (SSSR count). The van der Waals surface area contributed by atoms with Crippen molar-refractivity contribution in [3.05, 3.63) is 63.9 Å². The lowest BCUT2D eigenvalue weighted by Gasteiger charge is -2.06. The molecule has 0 aliphatic heterocycles. The Labute approximate surface area is 164 Å². The van der Waals surface area contributed by atoms with Gasteiger partial charge in [0.1, 0.15) is 5.75 Å². The van der Waals surface area contributed by atoms with Crippen LogP contribution in [-0.2, 0) is 6.42 Å². The van der Waals surface area contributed by atoms with Gasteiger partial charge in [-0.3, -0.25) is 5.32 Å². The molecule has 2 amide bonds. The number of benzene rings is 2. The first-order valence-corrected chi connectivity index (χ1v) is 9.70. The molecule has 0 radical (unpaired) electrons. The molecule has 0 aliphatic carbocycles. The Morgan fingerprint density at radius 2 is 1.88 bits per heavy atom. The van der Waals surface area contributed by atoms with E-state index in [4.69, 9.17) is 4.74 Å². The monoisotopic (exact) mass is 431 g/mol. The molecule has 0 unspecified atom stereocenters. The number of amides is 2. The summed E-state index contributed by atoms with van der Waals surface area (Å²) < 4.78 is 6.15. The van der Waals surface area contributed by atoms with E-state index in [0.29, 0.717) is 11.7 Å². The first kappa shape index (κ1) is 18.4. The average Bonchev–Trinajstić information content (AvgIpc) is 3.11. The Hall–Kier alpha value is -2.38. The summed E-state index contributed by atoms with van der Waals surface area (Å²) in [6.45, 7) is 0.545. The van der Waals surface area contributed by atoms with E-state index in [1.165, 1.54) is 11.3 Å². The van der Waals surface area contributed by atoms with E-state index in [0.717, 1.165) is 33.5 Å². The fourth-order valence-corrected chi connectivity index (χ4v) is 3.32.